The zero-order valence-electron chi connectivity index (χ0n) is 14.3. The van der Waals surface area contributed by atoms with Crippen molar-refractivity contribution in [2.24, 2.45) is 0 Å². The van der Waals surface area contributed by atoms with Gasteiger partial charge >= 0.3 is 5.97 Å². The standard InChI is InChI=1S/C21H20ClNO3/c22-17-9-7-16-8-10-18(23-20(16)13-17)14-26-19-11-5-15(6-12-19)3-1-2-4-21(24)25/h5-13H,1-4,14H2,(H,24,25). The van der Waals surface area contributed by atoms with Crippen molar-refractivity contribution >= 4 is 28.5 Å². The average molecular weight is 370 g/mol. The van der Waals surface area contributed by atoms with Crippen molar-refractivity contribution in [3.63, 3.8) is 0 Å². The van der Waals surface area contributed by atoms with E-state index >= 15 is 0 Å². The number of unbranched alkanes of at least 4 members (excludes halogenated alkanes) is 1. The summed E-state index contributed by atoms with van der Waals surface area (Å²) in [5.74, 6) is 0.0468. The van der Waals surface area contributed by atoms with Crippen LogP contribution >= 0.6 is 11.6 Å². The fraction of sp³-hybridized carbons (Fsp3) is 0.238. The minimum absolute atomic E-state index is 0.227. The van der Waals surface area contributed by atoms with Gasteiger partial charge in [-0.25, -0.2) is 4.98 Å². The molecule has 0 aliphatic carbocycles. The van der Waals surface area contributed by atoms with E-state index in [2.05, 4.69) is 4.98 Å². The number of ether oxygens (including phenoxy) is 1. The fourth-order valence-corrected chi connectivity index (χ4v) is 2.89. The molecule has 0 amide bonds. The van der Waals surface area contributed by atoms with Crippen LogP contribution < -0.4 is 4.74 Å². The minimum atomic E-state index is -0.738. The molecule has 4 nitrogen and oxygen atoms in total. The number of benzene rings is 2. The monoisotopic (exact) mass is 369 g/mol. The summed E-state index contributed by atoms with van der Waals surface area (Å²) < 4.78 is 5.81. The Labute approximate surface area is 157 Å². The molecule has 0 aliphatic rings. The Balaban J connectivity index is 1.53. The van der Waals surface area contributed by atoms with Gasteiger partial charge in [0.15, 0.2) is 0 Å². The predicted molar refractivity (Wildman–Crippen MR) is 103 cm³/mol. The van der Waals surface area contributed by atoms with Crippen molar-refractivity contribution in [1.29, 1.82) is 0 Å². The molecule has 0 spiro atoms. The predicted octanol–water partition coefficient (Wildman–Crippen LogP) is 5.26. The van der Waals surface area contributed by atoms with Gasteiger partial charge in [0, 0.05) is 16.8 Å². The number of rotatable bonds is 8. The minimum Gasteiger partial charge on any atom is -0.487 e. The number of carboxylic acid groups (broad SMARTS) is 1. The van der Waals surface area contributed by atoms with Crippen LogP contribution in [0.5, 0.6) is 5.75 Å². The molecule has 26 heavy (non-hydrogen) atoms. The maximum Gasteiger partial charge on any atom is 0.303 e. The quantitative estimate of drug-likeness (QED) is 0.550. The first-order valence-electron chi connectivity index (χ1n) is 8.59. The lowest BCUT2D eigenvalue weighted by Gasteiger charge is -2.08. The zero-order chi connectivity index (χ0) is 18.4. The van der Waals surface area contributed by atoms with Crippen molar-refractivity contribution in [3.05, 3.63) is 70.9 Å². The molecular formula is C21H20ClNO3. The van der Waals surface area contributed by atoms with Gasteiger partial charge in [-0.1, -0.05) is 35.9 Å². The Kier molecular flexibility index (Phi) is 6.08. The molecule has 0 saturated carbocycles. The van der Waals surface area contributed by atoms with Gasteiger partial charge in [0.1, 0.15) is 12.4 Å². The van der Waals surface area contributed by atoms with E-state index in [4.69, 9.17) is 21.4 Å². The van der Waals surface area contributed by atoms with Crippen molar-refractivity contribution in [2.75, 3.05) is 0 Å². The molecular weight excluding hydrogens is 350 g/mol. The van der Waals surface area contributed by atoms with Crippen LogP contribution in [0.25, 0.3) is 10.9 Å². The molecule has 134 valence electrons. The summed E-state index contributed by atoms with van der Waals surface area (Å²) in [6, 6.07) is 17.5. The second-order valence-corrected chi connectivity index (χ2v) is 6.61. The number of aromatic nitrogens is 1. The van der Waals surface area contributed by atoms with Gasteiger partial charge in [0.25, 0.3) is 0 Å². The zero-order valence-corrected chi connectivity index (χ0v) is 15.1. The number of fused-ring (bicyclic) bond motifs is 1. The number of aliphatic carboxylic acids is 1. The van der Waals surface area contributed by atoms with Gasteiger partial charge in [-0.15, -0.1) is 0 Å². The van der Waals surface area contributed by atoms with E-state index in [0.717, 1.165) is 35.2 Å². The molecule has 3 aromatic rings. The Bertz CT molecular complexity index is 893. The van der Waals surface area contributed by atoms with E-state index in [1.807, 2.05) is 54.6 Å². The van der Waals surface area contributed by atoms with Gasteiger partial charge < -0.3 is 9.84 Å². The third kappa shape index (κ3) is 5.20. The Morgan fingerprint density at radius 1 is 1.04 bits per heavy atom. The molecule has 0 fully saturated rings. The Morgan fingerprint density at radius 2 is 1.81 bits per heavy atom. The summed E-state index contributed by atoms with van der Waals surface area (Å²) >= 11 is 6.02. The topological polar surface area (TPSA) is 59.4 Å². The second-order valence-electron chi connectivity index (χ2n) is 6.17. The molecule has 3 rings (SSSR count). The number of aryl methyl sites for hydroxylation is 1. The molecule has 0 bridgehead atoms. The van der Waals surface area contributed by atoms with E-state index < -0.39 is 5.97 Å². The first-order valence-corrected chi connectivity index (χ1v) is 8.97. The first-order chi connectivity index (χ1) is 12.6. The van der Waals surface area contributed by atoms with Crippen LogP contribution in [-0.4, -0.2) is 16.1 Å². The maximum absolute atomic E-state index is 10.5. The number of nitrogens with zero attached hydrogens (tertiary/aromatic N) is 1. The molecule has 0 unspecified atom stereocenters. The van der Waals surface area contributed by atoms with Crippen LogP contribution in [0.2, 0.25) is 5.02 Å². The lowest BCUT2D eigenvalue weighted by Crippen LogP contribution is -1.99. The molecule has 1 heterocycles. The van der Waals surface area contributed by atoms with Crippen LogP contribution in [0.3, 0.4) is 0 Å². The Morgan fingerprint density at radius 3 is 2.58 bits per heavy atom. The molecule has 1 N–H and O–H groups in total. The number of carbonyl (C=O) groups is 1. The number of carboxylic acids is 1. The smallest absolute Gasteiger partial charge is 0.303 e. The molecule has 0 atom stereocenters. The van der Waals surface area contributed by atoms with E-state index in [9.17, 15) is 4.79 Å². The number of pyridine rings is 1. The summed E-state index contributed by atoms with van der Waals surface area (Å²) in [6.07, 6.45) is 2.67. The van der Waals surface area contributed by atoms with Gasteiger partial charge in [-0.2, -0.15) is 0 Å². The molecule has 1 aromatic heterocycles. The van der Waals surface area contributed by atoms with Crippen LogP contribution in [0, 0.1) is 0 Å². The van der Waals surface area contributed by atoms with E-state index in [0.29, 0.717) is 18.1 Å². The van der Waals surface area contributed by atoms with Crippen LogP contribution in [0.1, 0.15) is 30.5 Å². The third-order valence-electron chi connectivity index (χ3n) is 4.13. The van der Waals surface area contributed by atoms with Crippen LogP contribution in [0.4, 0.5) is 0 Å². The molecule has 5 heteroatoms. The summed E-state index contributed by atoms with van der Waals surface area (Å²) in [5.41, 5.74) is 2.88. The number of hydrogen-bond acceptors (Lipinski definition) is 3. The van der Waals surface area contributed by atoms with E-state index in [-0.39, 0.29) is 6.42 Å². The summed E-state index contributed by atoms with van der Waals surface area (Å²) in [6.45, 7) is 0.389. The maximum atomic E-state index is 10.5. The lowest BCUT2D eigenvalue weighted by molar-refractivity contribution is -0.137. The highest BCUT2D eigenvalue weighted by atomic mass is 35.5. The normalized spacial score (nSPS) is 10.8. The number of halogens is 1. The second kappa shape index (κ2) is 8.68. The van der Waals surface area contributed by atoms with Gasteiger partial charge in [-0.3, -0.25) is 4.79 Å². The molecule has 0 aliphatic heterocycles. The van der Waals surface area contributed by atoms with Crippen LogP contribution in [-0.2, 0) is 17.8 Å². The third-order valence-corrected chi connectivity index (χ3v) is 4.36. The lowest BCUT2D eigenvalue weighted by atomic mass is 10.1. The van der Waals surface area contributed by atoms with Gasteiger partial charge in [-0.05, 0) is 55.2 Å². The summed E-state index contributed by atoms with van der Waals surface area (Å²) in [7, 11) is 0. The largest absolute Gasteiger partial charge is 0.487 e. The van der Waals surface area contributed by atoms with Crippen molar-refractivity contribution in [3.8, 4) is 5.75 Å². The SMILES string of the molecule is O=C(O)CCCCc1ccc(OCc2ccc3ccc(Cl)cc3n2)cc1. The highest BCUT2D eigenvalue weighted by Crippen LogP contribution is 2.19. The highest BCUT2D eigenvalue weighted by Gasteiger charge is 2.02. The average Bonchev–Trinajstić information content (AvgIpc) is 2.64. The summed E-state index contributed by atoms with van der Waals surface area (Å²) in [5, 5.41) is 10.4. The first kappa shape index (κ1) is 18.2. The summed E-state index contributed by atoms with van der Waals surface area (Å²) in [4.78, 5) is 15.1. The van der Waals surface area contributed by atoms with E-state index in [1.165, 1.54) is 5.56 Å². The fourth-order valence-electron chi connectivity index (χ4n) is 2.73. The van der Waals surface area contributed by atoms with Crippen molar-refractivity contribution < 1.29 is 14.6 Å². The number of hydrogen-bond donors (Lipinski definition) is 1. The molecule has 0 radical (unpaired) electrons. The van der Waals surface area contributed by atoms with Crippen molar-refractivity contribution in [2.45, 2.75) is 32.3 Å². The molecule has 2 aromatic carbocycles. The Hall–Kier alpha value is -2.59. The van der Waals surface area contributed by atoms with Gasteiger partial charge in [0.2, 0.25) is 0 Å². The van der Waals surface area contributed by atoms with Crippen LogP contribution in [0.15, 0.2) is 54.6 Å². The van der Waals surface area contributed by atoms with E-state index in [1.54, 1.807) is 0 Å². The van der Waals surface area contributed by atoms with Gasteiger partial charge in [0.05, 0.1) is 11.2 Å². The highest BCUT2D eigenvalue weighted by molar-refractivity contribution is 6.31. The van der Waals surface area contributed by atoms with Crippen molar-refractivity contribution in [1.82, 2.24) is 4.98 Å². The molecule has 0 saturated heterocycles.